The summed E-state index contributed by atoms with van der Waals surface area (Å²) in [6.45, 7) is 13.9. The number of rotatable bonds is 1. The molecule has 272 valence electrons. The molecule has 4 fully saturated rings. The van der Waals surface area contributed by atoms with Gasteiger partial charge in [-0.1, -0.05) is 24.3 Å². The van der Waals surface area contributed by atoms with Crippen molar-refractivity contribution in [1.29, 1.82) is 0 Å². The normalized spacial score (nSPS) is 21.1. The number of aliphatic hydroxyl groups is 1. The van der Waals surface area contributed by atoms with E-state index in [2.05, 4.69) is 5.32 Å². The zero-order valence-corrected chi connectivity index (χ0v) is 30.0. The fraction of sp³-hybridized carbons (Fsp3) is 0.526. The molecule has 6 aliphatic rings. The summed E-state index contributed by atoms with van der Waals surface area (Å²) in [5.74, 6) is -0.983. The second kappa shape index (κ2) is 12.8. The van der Waals surface area contributed by atoms with E-state index in [1.54, 1.807) is 58.3 Å². The largest absolute Gasteiger partial charge is 0.444 e. The van der Waals surface area contributed by atoms with Crippen LogP contribution in [0.25, 0.3) is 0 Å². The predicted molar refractivity (Wildman–Crippen MR) is 184 cm³/mol. The molecule has 2 aromatic rings. The number of ether oxygens (including phenoxy) is 2. The van der Waals surface area contributed by atoms with Gasteiger partial charge in [0.2, 0.25) is 0 Å². The Morgan fingerprint density at radius 2 is 1.00 bits per heavy atom. The zero-order chi connectivity index (χ0) is 37.1. The first-order valence-electron chi connectivity index (χ1n) is 17.3. The van der Waals surface area contributed by atoms with Gasteiger partial charge in [-0.2, -0.15) is 0 Å². The smallest absolute Gasteiger partial charge is 0.410 e. The van der Waals surface area contributed by atoms with Crippen molar-refractivity contribution in [3.8, 4) is 0 Å². The van der Waals surface area contributed by atoms with Gasteiger partial charge < -0.3 is 24.4 Å². The average molecular weight is 703 g/mol. The van der Waals surface area contributed by atoms with Gasteiger partial charge in [-0.3, -0.25) is 29.4 Å². The lowest BCUT2D eigenvalue weighted by Gasteiger charge is -2.59. The summed E-state index contributed by atoms with van der Waals surface area (Å²) in [7, 11) is 0. The molecule has 13 nitrogen and oxygen atoms in total. The SMILES string of the molecule is CC(C)(C)OC(=O)N1CC2(CC(N3C(=O)c4ccccc4C3=O)C2)C1.CC(C)(C)OC(=O)N1CC2(CC(O)C2)C1.O=C1NC(=O)c2ccccc21. The fourth-order valence-electron chi connectivity index (χ4n) is 7.67. The van der Waals surface area contributed by atoms with E-state index >= 15 is 0 Å². The van der Waals surface area contributed by atoms with Crippen molar-refractivity contribution in [3.05, 3.63) is 70.8 Å². The number of likely N-dealkylation sites (tertiary alicyclic amines) is 2. The van der Waals surface area contributed by atoms with Crippen LogP contribution in [-0.2, 0) is 9.47 Å². The van der Waals surface area contributed by atoms with Gasteiger partial charge in [0, 0.05) is 43.1 Å². The predicted octanol–water partition coefficient (Wildman–Crippen LogP) is 4.63. The Bertz CT molecular complexity index is 1700. The van der Waals surface area contributed by atoms with E-state index in [0.29, 0.717) is 35.3 Å². The Morgan fingerprint density at radius 1 is 0.647 bits per heavy atom. The molecule has 0 unspecified atom stereocenters. The van der Waals surface area contributed by atoms with Crippen LogP contribution in [0.4, 0.5) is 9.59 Å². The van der Waals surface area contributed by atoms with E-state index in [4.69, 9.17) is 9.47 Å². The third kappa shape index (κ3) is 7.35. The molecular weight excluding hydrogens is 656 g/mol. The molecule has 6 amide bonds. The van der Waals surface area contributed by atoms with Crippen molar-refractivity contribution < 1.29 is 43.3 Å². The number of benzene rings is 2. The quantitative estimate of drug-likeness (QED) is 0.404. The number of carbonyl (C=O) groups is 6. The van der Waals surface area contributed by atoms with Crippen molar-refractivity contribution in [3.63, 3.8) is 0 Å². The summed E-state index contributed by atoms with van der Waals surface area (Å²) in [5, 5.41) is 11.4. The molecule has 0 aromatic heterocycles. The van der Waals surface area contributed by atoms with Gasteiger partial charge in [-0.25, -0.2) is 9.59 Å². The Labute approximate surface area is 297 Å². The molecule has 0 atom stereocenters. The Kier molecular flexibility index (Phi) is 9.02. The maximum Gasteiger partial charge on any atom is 0.410 e. The molecule has 2 aromatic carbocycles. The number of aliphatic hydroxyl groups excluding tert-OH is 1. The second-order valence-corrected chi connectivity index (χ2v) is 16.7. The number of nitrogens with zero attached hydrogens (tertiary/aromatic N) is 3. The monoisotopic (exact) mass is 702 g/mol. The van der Waals surface area contributed by atoms with Crippen LogP contribution in [0.5, 0.6) is 0 Å². The minimum atomic E-state index is -0.498. The van der Waals surface area contributed by atoms with E-state index in [-0.39, 0.29) is 58.8 Å². The van der Waals surface area contributed by atoms with Gasteiger partial charge in [0.25, 0.3) is 23.6 Å². The minimum Gasteiger partial charge on any atom is -0.444 e. The lowest BCUT2D eigenvalue weighted by molar-refractivity contribution is -0.124. The summed E-state index contributed by atoms with van der Waals surface area (Å²) < 4.78 is 10.6. The first-order valence-corrected chi connectivity index (χ1v) is 17.3. The van der Waals surface area contributed by atoms with Crippen LogP contribution in [0.2, 0.25) is 0 Å². The van der Waals surface area contributed by atoms with Crippen LogP contribution in [0.1, 0.15) is 109 Å². The molecule has 4 heterocycles. The van der Waals surface area contributed by atoms with E-state index in [1.807, 2.05) is 41.5 Å². The van der Waals surface area contributed by atoms with Crippen LogP contribution in [0.15, 0.2) is 48.5 Å². The fourth-order valence-corrected chi connectivity index (χ4v) is 7.67. The number of amides is 6. The standard InChI is InChI=1S/C19H22N2O4.C11H19NO3.C8H5NO2/c1-18(2,3)25-17(24)20-10-19(11-20)8-12(9-19)21-15(22)13-6-4-5-7-14(13)16(21)23;1-10(2,3)15-9(14)12-6-11(7-12)4-8(13)5-11;10-7-5-3-1-2-4-6(5)8(11)9-7/h4-7,12H,8-11H2,1-3H3;8,13H,4-7H2,1-3H3;1-4H,(H,9,10,11). The van der Waals surface area contributed by atoms with E-state index in [1.165, 1.54) is 4.90 Å². The number of hydrogen-bond donors (Lipinski definition) is 2. The third-order valence-corrected chi connectivity index (χ3v) is 9.92. The molecule has 0 bridgehead atoms. The first kappa shape index (κ1) is 36.0. The molecule has 51 heavy (non-hydrogen) atoms. The van der Waals surface area contributed by atoms with Gasteiger partial charge >= 0.3 is 12.2 Å². The van der Waals surface area contributed by atoms with Gasteiger partial charge in [0.1, 0.15) is 11.2 Å². The zero-order valence-electron chi connectivity index (χ0n) is 30.0. The number of nitrogens with one attached hydrogen (secondary N) is 1. The first-order chi connectivity index (χ1) is 23.8. The lowest BCUT2D eigenvalue weighted by atomic mass is 9.60. The van der Waals surface area contributed by atoms with Crippen LogP contribution in [0.3, 0.4) is 0 Å². The van der Waals surface area contributed by atoms with Crippen molar-refractivity contribution >= 4 is 35.8 Å². The van der Waals surface area contributed by atoms with E-state index < -0.39 is 11.2 Å². The van der Waals surface area contributed by atoms with Crippen LogP contribution in [0, 0.1) is 10.8 Å². The highest BCUT2D eigenvalue weighted by molar-refractivity contribution is 6.22. The van der Waals surface area contributed by atoms with Crippen LogP contribution < -0.4 is 5.32 Å². The minimum absolute atomic E-state index is 0.0386. The lowest BCUT2D eigenvalue weighted by Crippen LogP contribution is -2.68. The van der Waals surface area contributed by atoms with Crippen molar-refractivity contribution in [1.82, 2.24) is 20.0 Å². The average Bonchev–Trinajstić information content (AvgIpc) is 3.39. The highest BCUT2D eigenvalue weighted by Gasteiger charge is 2.58. The van der Waals surface area contributed by atoms with Crippen LogP contribution in [-0.4, -0.2) is 105 Å². The van der Waals surface area contributed by atoms with Gasteiger partial charge in [0.15, 0.2) is 0 Å². The van der Waals surface area contributed by atoms with Crippen molar-refractivity contribution in [2.75, 3.05) is 26.2 Å². The Morgan fingerprint density at radius 3 is 1.35 bits per heavy atom. The number of fused-ring (bicyclic) bond motifs is 2. The number of imide groups is 2. The van der Waals surface area contributed by atoms with Crippen LogP contribution >= 0.6 is 0 Å². The van der Waals surface area contributed by atoms with Gasteiger partial charge in [-0.05, 0) is 91.5 Å². The second-order valence-electron chi connectivity index (χ2n) is 16.7. The van der Waals surface area contributed by atoms with Gasteiger partial charge in [0.05, 0.1) is 28.4 Å². The summed E-state index contributed by atoms with van der Waals surface area (Å²) in [4.78, 5) is 75.4. The highest BCUT2D eigenvalue weighted by Crippen LogP contribution is 2.52. The summed E-state index contributed by atoms with van der Waals surface area (Å²) in [6.07, 6.45) is 2.54. The molecule has 2 spiro atoms. The summed E-state index contributed by atoms with van der Waals surface area (Å²) in [6, 6.07) is 13.6. The van der Waals surface area contributed by atoms with E-state index in [0.717, 1.165) is 38.8 Å². The molecule has 2 saturated carbocycles. The molecule has 2 aliphatic carbocycles. The molecule has 2 saturated heterocycles. The number of hydrogen-bond acceptors (Lipinski definition) is 9. The van der Waals surface area contributed by atoms with Crippen molar-refractivity contribution in [2.24, 2.45) is 10.8 Å². The van der Waals surface area contributed by atoms with Crippen molar-refractivity contribution in [2.45, 2.75) is 90.6 Å². The van der Waals surface area contributed by atoms with E-state index in [9.17, 15) is 33.9 Å². The topological polar surface area (TPSA) is 163 Å². The van der Waals surface area contributed by atoms with Gasteiger partial charge in [-0.15, -0.1) is 0 Å². The number of carbonyl (C=O) groups excluding carboxylic acids is 6. The molecule has 13 heteroatoms. The Balaban J connectivity index is 0.000000146. The Hall–Kier alpha value is -4.78. The molecule has 0 radical (unpaired) electrons. The molecule has 2 N–H and O–H groups in total. The summed E-state index contributed by atoms with van der Waals surface area (Å²) >= 11 is 0. The third-order valence-electron chi connectivity index (χ3n) is 9.92. The maximum absolute atomic E-state index is 12.5. The molecular formula is C38H46N4O9. The molecule has 8 rings (SSSR count). The summed E-state index contributed by atoms with van der Waals surface area (Å²) in [5.41, 5.74) is 1.28. The molecule has 4 aliphatic heterocycles. The maximum atomic E-state index is 12.5. The highest BCUT2D eigenvalue weighted by atomic mass is 16.6.